The van der Waals surface area contributed by atoms with E-state index >= 15 is 0 Å². The number of carbonyl (C=O) groups excluding carboxylic acids is 1. The summed E-state index contributed by atoms with van der Waals surface area (Å²) in [5.74, 6) is -1.19. The quantitative estimate of drug-likeness (QED) is 0.329. The Morgan fingerprint density at radius 3 is 2.33 bits per heavy atom. The summed E-state index contributed by atoms with van der Waals surface area (Å²) in [6, 6.07) is 16.1. The standard InChI is InChI=1S/C31H31F3N2O4/c32-31(33,34)24-12-13-26(37)36(19-24)18-20-8-10-23(11-9-20)27(22-5-1-2-6-22)28(38)35-25-7-3-4-21(16-25)17-30(14-15-30)29(39)40/h3-4,7-13,16,19,22,27H,1-2,5-6,14-15,17-18H2,(H,35,38)(H,39,40). The van der Waals surface area contributed by atoms with Gasteiger partial charge in [0.25, 0.3) is 5.56 Å². The molecule has 6 nitrogen and oxygen atoms in total. The third-order valence-electron chi connectivity index (χ3n) is 8.20. The van der Waals surface area contributed by atoms with Crippen molar-refractivity contribution < 1.29 is 27.9 Å². The topological polar surface area (TPSA) is 88.4 Å². The molecule has 3 aromatic rings. The van der Waals surface area contributed by atoms with Gasteiger partial charge in [-0.15, -0.1) is 0 Å². The van der Waals surface area contributed by atoms with E-state index in [4.69, 9.17) is 0 Å². The zero-order valence-electron chi connectivity index (χ0n) is 21.9. The number of benzene rings is 2. The van der Waals surface area contributed by atoms with Crippen LogP contribution < -0.4 is 10.9 Å². The minimum atomic E-state index is -4.55. The van der Waals surface area contributed by atoms with Crippen molar-refractivity contribution in [3.63, 3.8) is 0 Å². The molecule has 2 aliphatic carbocycles. The Hall–Kier alpha value is -3.88. The first-order valence-corrected chi connectivity index (χ1v) is 13.5. The van der Waals surface area contributed by atoms with Crippen LogP contribution in [0.4, 0.5) is 18.9 Å². The normalized spacial score (nSPS) is 17.4. The number of amides is 1. The van der Waals surface area contributed by atoms with Crippen LogP contribution in [0.15, 0.2) is 71.7 Å². The number of nitrogens with zero attached hydrogens (tertiary/aromatic N) is 1. The van der Waals surface area contributed by atoms with Gasteiger partial charge in [0.05, 0.1) is 23.4 Å². The molecular weight excluding hydrogens is 521 g/mol. The molecule has 0 radical (unpaired) electrons. The van der Waals surface area contributed by atoms with Crippen molar-refractivity contribution in [2.24, 2.45) is 11.3 Å². The van der Waals surface area contributed by atoms with Crippen LogP contribution in [0.2, 0.25) is 0 Å². The zero-order valence-corrected chi connectivity index (χ0v) is 21.9. The number of carboxylic acids is 1. The highest BCUT2D eigenvalue weighted by Crippen LogP contribution is 2.48. The van der Waals surface area contributed by atoms with Crippen molar-refractivity contribution in [2.45, 2.75) is 63.6 Å². The fraction of sp³-hybridized carbons (Fsp3) is 0.387. The third-order valence-corrected chi connectivity index (χ3v) is 8.20. The smallest absolute Gasteiger partial charge is 0.417 e. The molecule has 2 saturated carbocycles. The summed E-state index contributed by atoms with van der Waals surface area (Å²) in [7, 11) is 0. The maximum Gasteiger partial charge on any atom is 0.417 e. The van der Waals surface area contributed by atoms with Gasteiger partial charge in [-0.25, -0.2) is 0 Å². The average molecular weight is 553 g/mol. The Morgan fingerprint density at radius 1 is 1.00 bits per heavy atom. The molecule has 1 aromatic heterocycles. The zero-order chi connectivity index (χ0) is 28.5. The molecule has 0 bridgehead atoms. The molecule has 1 atom stereocenters. The van der Waals surface area contributed by atoms with E-state index < -0.39 is 34.6 Å². The van der Waals surface area contributed by atoms with Gasteiger partial charge >= 0.3 is 12.1 Å². The first-order valence-electron chi connectivity index (χ1n) is 13.5. The van der Waals surface area contributed by atoms with E-state index in [0.29, 0.717) is 30.5 Å². The van der Waals surface area contributed by atoms with Crippen molar-refractivity contribution in [1.29, 1.82) is 0 Å². The lowest BCUT2D eigenvalue weighted by Gasteiger charge is -2.24. The number of anilines is 1. The molecular formula is C31H31F3N2O4. The van der Waals surface area contributed by atoms with Gasteiger partial charge in [-0.05, 0) is 72.9 Å². The number of rotatable bonds is 9. The van der Waals surface area contributed by atoms with E-state index in [1.807, 2.05) is 30.3 Å². The average Bonchev–Trinajstić information content (AvgIpc) is 3.49. The number of alkyl halides is 3. The van der Waals surface area contributed by atoms with E-state index in [9.17, 15) is 32.7 Å². The predicted molar refractivity (Wildman–Crippen MR) is 144 cm³/mol. The second-order valence-electron chi connectivity index (χ2n) is 11.1. The summed E-state index contributed by atoms with van der Waals surface area (Å²) < 4.78 is 40.4. The third kappa shape index (κ3) is 6.13. The Labute approximate surface area is 229 Å². The summed E-state index contributed by atoms with van der Waals surface area (Å²) in [6.45, 7) is -0.0199. The van der Waals surface area contributed by atoms with Crippen LogP contribution in [0.25, 0.3) is 0 Å². The van der Waals surface area contributed by atoms with Crippen LogP contribution in [-0.2, 0) is 28.7 Å². The van der Waals surface area contributed by atoms with Crippen LogP contribution in [-0.4, -0.2) is 21.6 Å². The monoisotopic (exact) mass is 552 g/mol. The van der Waals surface area contributed by atoms with Gasteiger partial charge in [0.2, 0.25) is 5.91 Å². The highest BCUT2D eigenvalue weighted by molar-refractivity contribution is 5.96. The van der Waals surface area contributed by atoms with Gasteiger partial charge in [0.1, 0.15) is 0 Å². The summed E-state index contributed by atoms with van der Waals surface area (Å²) in [6.07, 6.45) is 1.92. The number of carbonyl (C=O) groups is 2. The first-order chi connectivity index (χ1) is 19.0. The largest absolute Gasteiger partial charge is 0.481 e. The molecule has 0 spiro atoms. The Morgan fingerprint density at radius 2 is 1.70 bits per heavy atom. The van der Waals surface area contributed by atoms with Gasteiger partial charge in [0, 0.05) is 18.0 Å². The highest BCUT2D eigenvalue weighted by Gasteiger charge is 2.50. The van der Waals surface area contributed by atoms with Crippen molar-refractivity contribution in [2.75, 3.05) is 5.32 Å². The minimum Gasteiger partial charge on any atom is -0.481 e. The maximum atomic E-state index is 13.6. The molecule has 1 unspecified atom stereocenters. The number of nitrogens with one attached hydrogen (secondary N) is 1. The summed E-state index contributed by atoms with van der Waals surface area (Å²) in [5, 5.41) is 12.6. The van der Waals surface area contributed by atoms with E-state index in [1.54, 1.807) is 18.2 Å². The molecule has 210 valence electrons. The molecule has 1 amide bonds. The number of pyridine rings is 1. The predicted octanol–water partition coefficient (Wildman–Crippen LogP) is 6.24. The second kappa shape index (κ2) is 10.9. The molecule has 0 aliphatic heterocycles. The van der Waals surface area contributed by atoms with Gasteiger partial charge < -0.3 is 15.0 Å². The van der Waals surface area contributed by atoms with E-state index in [-0.39, 0.29) is 18.4 Å². The molecule has 2 fully saturated rings. The lowest BCUT2D eigenvalue weighted by Crippen LogP contribution is -2.26. The van der Waals surface area contributed by atoms with Gasteiger partial charge in [0.15, 0.2) is 0 Å². The maximum absolute atomic E-state index is 13.6. The summed E-state index contributed by atoms with van der Waals surface area (Å²) in [4.78, 5) is 37.4. The number of carboxylic acid groups (broad SMARTS) is 1. The lowest BCUT2D eigenvalue weighted by molar-refractivity contribution is -0.143. The van der Waals surface area contributed by atoms with Crippen molar-refractivity contribution >= 4 is 17.6 Å². The fourth-order valence-corrected chi connectivity index (χ4v) is 5.76. The van der Waals surface area contributed by atoms with Crippen LogP contribution in [0.5, 0.6) is 0 Å². The number of aromatic nitrogens is 1. The Bertz CT molecular complexity index is 1450. The fourth-order valence-electron chi connectivity index (χ4n) is 5.76. The molecule has 2 aromatic carbocycles. The molecule has 2 N–H and O–H groups in total. The molecule has 0 saturated heterocycles. The van der Waals surface area contributed by atoms with Crippen molar-refractivity contribution in [1.82, 2.24) is 4.57 Å². The van der Waals surface area contributed by atoms with E-state index in [1.165, 1.54) is 0 Å². The molecule has 2 aliphatic rings. The van der Waals surface area contributed by atoms with Crippen LogP contribution >= 0.6 is 0 Å². The lowest BCUT2D eigenvalue weighted by atomic mass is 9.83. The summed E-state index contributed by atoms with van der Waals surface area (Å²) >= 11 is 0. The highest BCUT2D eigenvalue weighted by atomic mass is 19.4. The first kappa shape index (κ1) is 27.7. The van der Waals surface area contributed by atoms with Crippen molar-refractivity contribution in [3.8, 4) is 0 Å². The van der Waals surface area contributed by atoms with E-state index in [0.717, 1.165) is 59.7 Å². The number of hydrogen-bond donors (Lipinski definition) is 2. The van der Waals surface area contributed by atoms with Crippen LogP contribution in [0.3, 0.4) is 0 Å². The SMILES string of the molecule is O=C(Nc1cccc(CC2(C(=O)O)CC2)c1)C(c1ccc(Cn2cc(C(F)(F)F)ccc2=O)cc1)C1CCCC1. The van der Waals surface area contributed by atoms with Crippen LogP contribution in [0.1, 0.15) is 66.7 Å². The van der Waals surface area contributed by atoms with Gasteiger partial charge in [-0.3, -0.25) is 14.4 Å². The number of halogens is 3. The molecule has 5 rings (SSSR count). The molecule has 40 heavy (non-hydrogen) atoms. The minimum absolute atomic E-state index is 0.0199. The number of hydrogen-bond acceptors (Lipinski definition) is 3. The van der Waals surface area contributed by atoms with Crippen molar-refractivity contribution in [3.05, 3.63) is 99.5 Å². The number of aliphatic carboxylic acids is 1. The van der Waals surface area contributed by atoms with Gasteiger partial charge in [-0.2, -0.15) is 13.2 Å². The Kier molecular flexibility index (Phi) is 7.57. The second-order valence-corrected chi connectivity index (χ2v) is 11.1. The summed E-state index contributed by atoms with van der Waals surface area (Å²) in [5.41, 5.74) is 0.825. The Balaban J connectivity index is 1.33. The molecule has 1 heterocycles. The molecule has 9 heteroatoms. The van der Waals surface area contributed by atoms with Gasteiger partial charge in [-0.1, -0.05) is 49.2 Å². The van der Waals surface area contributed by atoms with E-state index in [2.05, 4.69) is 5.32 Å². The van der Waals surface area contributed by atoms with Crippen LogP contribution in [0, 0.1) is 11.3 Å².